The summed E-state index contributed by atoms with van der Waals surface area (Å²) < 4.78 is 16.5. The van der Waals surface area contributed by atoms with Crippen molar-refractivity contribution in [3.8, 4) is 11.3 Å². The maximum Gasteiger partial charge on any atom is 0.228 e. The summed E-state index contributed by atoms with van der Waals surface area (Å²) in [6.07, 6.45) is 5.23. The van der Waals surface area contributed by atoms with Gasteiger partial charge in [0, 0.05) is 60.4 Å². The van der Waals surface area contributed by atoms with Gasteiger partial charge in [0.2, 0.25) is 5.95 Å². The minimum Gasteiger partial charge on any atom is -0.353 e. The third kappa shape index (κ3) is 3.35. The smallest absolute Gasteiger partial charge is 0.228 e. The van der Waals surface area contributed by atoms with E-state index in [4.69, 9.17) is 21.6 Å². The predicted octanol–water partition coefficient (Wildman–Crippen LogP) is 4.13. The van der Waals surface area contributed by atoms with E-state index in [1.165, 1.54) is 0 Å². The van der Waals surface area contributed by atoms with Gasteiger partial charge in [-0.15, -0.1) is 0 Å². The van der Waals surface area contributed by atoms with Crippen molar-refractivity contribution >= 4 is 45.0 Å². The number of hydrogen-bond donors (Lipinski definition) is 2. The van der Waals surface area contributed by atoms with Crippen LogP contribution >= 0.6 is 11.6 Å². The van der Waals surface area contributed by atoms with Crippen molar-refractivity contribution in [1.82, 2.24) is 25.6 Å². The summed E-state index contributed by atoms with van der Waals surface area (Å²) in [4.78, 5) is 19.0. The van der Waals surface area contributed by atoms with Crippen LogP contribution in [0.2, 0.25) is 5.02 Å². The van der Waals surface area contributed by atoms with E-state index in [2.05, 4.69) is 25.4 Å². The Balaban J connectivity index is 1.30. The van der Waals surface area contributed by atoms with E-state index in [0.717, 1.165) is 68.6 Å². The second kappa shape index (κ2) is 7.96. The van der Waals surface area contributed by atoms with Gasteiger partial charge in [0.25, 0.3) is 0 Å². The lowest BCUT2D eigenvalue weighted by Crippen LogP contribution is -2.76. The van der Waals surface area contributed by atoms with Gasteiger partial charge < -0.3 is 20.4 Å². The zero-order valence-corrected chi connectivity index (χ0v) is 21.1. The Morgan fingerprint density at radius 3 is 2.49 bits per heavy atom. The van der Waals surface area contributed by atoms with Crippen molar-refractivity contribution in [2.45, 2.75) is 36.9 Å². The molecule has 4 aliphatic rings. The first kappa shape index (κ1) is 22.0. The summed E-state index contributed by atoms with van der Waals surface area (Å²) in [6, 6.07) is 12.4. The SMILES string of the molecule is Fc1c(-c2cccc3cccc(Cl)c23)ncc2c(N3C[C@H]4CC[C@@H](C3)N4)nc(N3CC4(CCN4)C3)nc12. The first-order valence-corrected chi connectivity index (χ1v) is 13.5. The zero-order valence-electron chi connectivity index (χ0n) is 20.3. The minimum atomic E-state index is -0.426. The second-order valence-corrected chi connectivity index (χ2v) is 11.4. The van der Waals surface area contributed by atoms with Crippen molar-refractivity contribution in [3.63, 3.8) is 0 Å². The van der Waals surface area contributed by atoms with E-state index in [0.29, 0.717) is 39.5 Å². The largest absolute Gasteiger partial charge is 0.353 e. The number of aromatic nitrogens is 3. The molecule has 0 saturated carbocycles. The van der Waals surface area contributed by atoms with Crippen LogP contribution in [0.5, 0.6) is 0 Å². The van der Waals surface area contributed by atoms with Gasteiger partial charge in [-0.3, -0.25) is 4.98 Å². The first-order chi connectivity index (χ1) is 18.1. The van der Waals surface area contributed by atoms with E-state index in [1.54, 1.807) is 6.20 Å². The molecule has 2 atom stereocenters. The van der Waals surface area contributed by atoms with Crippen LogP contribution in [0.1, 0.15) is 19.3 Å². The van der Waals surface area contributed by atoms with Crippen molar-refractivity contribution in [2.75, 3.05) is 42.5 Å². The van der Waals surface area contributed by atoms with Crippen molar-refractivity contribution in [1.29, 1.82) is 0 Å². The fraction of sp³-hybridized carbons (Fsp3) is 0.393. The third-order valence-corrected chi connectivity index (χ3v) is 8.97. The zero-order chi connectivity index (χ0) is 24.7. The third-order valence-electron chi connectivity index (χ3n) is 8.65. The van der Waals surface area contributed by atoms with Crippen LogP contribution < -0.4 is 20.4 Å². The molecule has 2 bridgehead atoms. The van der Waals surface area contributed by atoms with E-state index >= 15 is 4.39 Å². The average Bonchev–Trinajstić information content (AvgIpc) is 3.19. The van der Waals surface area contributed by atoms with E-state index in [-0.39, 0.29) is 11.2 Å². The number of rotatable bonds is 3. The Kier molecular flexibility index (Phi) is 4.73. The van der Waals surface area contributed by atoms with Gasteiger partial charge in [-0.25, -0.2) is 9.37 Å². The van der Waals surface area contributed by atoms with Crippen LogP contribution in [0, 0.1) is 5.82 Å². The number of nitrogens with one attached hydrogen (secondary N) is 2. The number of hydrogen-bond acceptors (Lipinski definition) is 7. The van der Waals surface area contributed by atoms with Gasteiger partial charge in [-0.1, -0.05) is 41.9 Å². The number of benzene rings is 2. The number of nitrogens with zero attached hydrogens (tertiary/aromatic N) is 5. The summed E-state index contributed by atoms with van der Waals surface area (Å²) in [7, 11) is 0. The second-order valence-electron chi connectivity index (χ2n) is 11.0. The Hall–Kier alpha value is -3.07. The first-order valence-electron chi connectivity index (χ1n) is 13.1. The molecular formula is C28H27ClFN7. The van der Waals surface area contributed by atoms with E-state index in [1.807, 2.05) is 36.4 Å². The lowest BCUT2D eigenvalue weighted by Gasteiger charge is -2.56. The van der Waals surface area contributed by atoms with E-state index in [9.17, 15) is 0 Å². The van der Waals surface area contributed by atoms with Crippen molar-refractivity contribution in [3.05, 3.63) is 53.4 Å². The standard InChI is InChI=1S/C28H27ClFN7/c29-21-6-2-4-16-3-1-5-19(22(16)21)24-23(30)25-20(11-31-24)26(36-12-17-7-8-18(13-36)33-17)35-27(34-25)37-14-28(15-37)9-10-32-28/h1-6,11,17-18,32-33H,7-10,12-15H2/t17-,18+. The van der Waals surface area contributed by atoms with Gasteiger partial charge in [0.15, 0.2) is 5.82 Å². The highest BCUT2D eigenvalue weighted by atomic mass is 35.5. The lowest BCUT2D eigenvalue weighted by molar-refractivity contribution is 0.158. The van der Waals surface area contributed by atoms with E-state index < -0.39 is 5.82 Å². The summed E-state index contributed by atoms with van der Waals surface area (Å²) in [5.74, 6) is 0.958. The van der Waals surface area contributed by atoms with Crippen molar-refractivity contribution < 1.29 is 4.39 Å². The predicted molar refractivity (Wildman–Crippen MR) is 145 cm³/mol. The monoisotopic (exact) mass is 515 g/mol. The van der Waals surface area contributed by atoms with Crippen LogP contribution in [-0.2, 0) is 0 Å². The van der Waals surface area contributed by atoms with Crippen molar-refractivity contribution in [2.24, 2.45) is 0 Å². The molecule has 8 rings (SSSR count). The molecule has 0 unspecified atom stereocenters. The molecule has 4 saturated heterocycles. The molecule has 1 spiro atoms. The van der Waals surface area contributed by atoms with Crippen LogP contribution in [0.15, 0.2) is 42.6 Å². The van der Waals surface area contributed by atoms with Gasteiger partial charge in [0.1, 0.15) is 17.0 Å². The van der Waals surface area contributed by atoms with Crippen LogP contribution in [0.4, 0.5) is 16.2 Å². The molecule has 2 aromatic heterocycles. The molecule has 0 amide bonds. The molecular weight excluding hydrogens is 489 g/mol. The summed E-state index contributed by atoms with van der Waals surface area (Å²) in [6.45, 7) is 4.47. The van der Waals surface area contributed by atoms with Crippen LogP contribution in [0.3, 0.4) is 0 Å². The Labute approximate surface area is 219 Å². The molecule has 0 aliphatic carbocycles. The highest BCUT2D eigenvalue weighted by Crippen LogP contribution is 2.39. The average molecular weight is 516 g/mol. The molecule has 7 nitrogen and oxygen atoms in total. The summed E-state index contributed by atoms with van der Waals surface area (Å²) in [5, 5.41) is 10.2. The fourth-order valence-corrected chi connectivity index (χ4v) is 6.92. The molecule has 0 radical (unpaired) electrons. The normalized spacial score (nSPS) is 24.1. The molecule has 6 heterocycles. The topological polar surface area (TPSA) is 69.2 Å². The molecule has 4 aromatic rings. The lowest BCUT2D eigenvalue weighted by atomic mass is 9.80. The number of anilines is 2. The minimum absolute atomic E-state index is 0.175. The van der Waals surface area contributed by atoms with Crippen LogP contribution in [0.25, 0.3) is 32.9 Å². The summed E-state index contributed by atoms with van der Waals surface area (Å²) in [5.41, 5.74) is 1.44. The van der Waals surface area contributed by atoms with Crippen LogP contribution in [-0.4, -0.2) is 65.3 Å². The molecule has 188 valence electrons. The number of halogens is 2. The van der Waals surface area contributed by atoms with Gasteiger partial charge in [-0.05, 0) is 37.3 Å². The molecule has 37 heavy (non-hydrogen) atoms. The molecule has 4 fully saturated rings. The highest BCUT2D eigenvalue weighted by Gasteiger charge is 2.48. The molecule has 9 heteroatoms. The molecule has 2 N–H and O–H groups in total. The Bertz CT molecular complexity index is 1550. The maximum absolute atomic E-state index is 16.5. The quantitative estimate of drug-likeness (QED) is 0.425. The highest BCUT2D eigenvalue weighted by molar-refractivity contribution is 6.36. The number of piperazine rings is 1. The van der Waals surface area contributed by atoms with Gasteiger partial charge in [-0.2, -0.15) is 4.98 Å². The Morgan fingerprint density at radius 1 is 1.00 bits per heavy atom. The number of pyridine rings is 1. The Morgan fingerprint density at radius 2 is 1.76 bits per heavy atom. The van der Waals surface area contributed by atoms with Gasteiger partial charge >= 0.3 is 0 Å². The fourth-order valence-electron chi connectivity index (χ4n) is 6.64. The maximum atomic E-state index is 16.5. The molecule has 2 aromatic carbocycles. The number of fused-ring (bicyclic) bond motifs is 4. The molecule has 4 aliphatic heterocycles. The van der Waals surface area contributed by atoms with Gasteiger partial charge in [0.05, 0.1) is 10.9 Å². The summed E-state index contributed by atoms with van der Waals surface area (Å²) >= 11 is 6.58.